The van der Waals surface area contributed by atoms with Crippen LogP contribution in [0, 0.1) is 18.3 Å². The summed E-state index contributed by atoms with van der Waals surface area (Å²) in [5, 5.41) is 11.9. The predicted octanol–water partition coefficient (Wildman–Crippen LogP) is 1.44. The van der Waals surface area contributed by atoms with Crippen molar-refractivity contribution < 1.29 is 4.21 Å². The summed E-state index contributed by atoms with van der Waals surface area (Å²) in [6.07, 6.45) is 1.68. The van der Waals surface area contributed by atoms with Gasteiger partial charge in [-0.05, 0) is 26.0 Å². The van der Waals surface area contributed by atoms with Crippen molar-refractivity contribution in [2.45, 2.75) is 19.1 Å². The third kappa shape index (κ3) is 3.63. The van der Waals surface area contributed by atoms with E-state index in [4.69, 9.17) is 5.26 Å². The molecule has 4 nitrogen and oxygen atoms in total. The number of anilines is 1. The topological polar surface area (TPSA) is 65.8 Å². The van der Waals surface area contributed by atoms with Gasteiger partial charge in [0.15, 0.2) is 0 Å². The molecule has 1 heterocycles. The number of nitrogens with one attached hydrogen (secondary N) is 1. The number of hydrogen-bond donors (Lipinski definition) is 1. The molecule has 0 aliphatic rings. The first kappa shape index (κ1) is 12.7. The summed E-state index contributed by atoms with van der Waals surface area (Å²) in [5.41, 5.74) is 1.38. The lowest BCUT2D eigenvalue weighted by atomic mass is 10.2. The average molecular weight is 237 g/mol. The summed E-state index contributed by atoms with van der Waals surface area (Å²) >= 11 is 0. The normalized spacial score (nSPS) is 13.9. The molecule has 1 aromatic rings. The van der Waals surface area contributed by atoms with Gasteiger partial charge in [0, 0.05) is 34.5 Å². The van der Waals surface area contributed by atoms with Crippen LogP contribution in [-0.2, 0) is 10.8 Å². The fourth-order valence-electron chi connectivity index (χ4n) is 1.19. The maximum Gasteiger partial charge on any atom is 0.127 e. The molecule has 86 valence electrons. The zero-order valence-corrected chi connectivity index (χ0v) is 10.5. The minimum absolute atomic E-state index is 0.0628. The molecule has 1 aromatic heterocycles. The molecule has 2 atom stereocenters. The Morgan fingerprint density at radius 1 is 1.62 bits per heavy atom. The molecule has 2 unspecified atom stereocenters. The molecule has 0 bridgehead atoms. The lowest BCUT2D eigenvalue weighted by Crippen LogP contribution is -2.21. The van der Waals surface area contributed by atoms with E-state index in [0.29, 0.717) is 17.9 Å². The van der Waals surface area contributed by atoms with Crippen LogP contribution in [-0.4, -0.2) is 27.2 Å². The van der Waals surface area contributed by atoms with Crippen LogP contribution in [0.3, 0.4) is 0 Å². The summed E-state index contributed by atoms with van der Waals surface area (Å²) in [6, 6.07) is 5.50. The van der Waals surface area contributed by atoms with E-state index in [-0.39, 0.29) is 5.25 Å². The molecular weight excluding hydrogens is 222 g/mol. The summed E-state index contributed by atoms with van der Waals surface area (Å²) < 4.78 is 11.2. The smallest absolute Gasteiger partial charge is 0.127 e. The summed E-state index contributed by atoms with van der Waals surface area (Å²) in [5.74, 6) is 0.661. The molecular formula is C11H15N3OS. The molecule has 1 N–H and O–H groups in total. The number of hydrogen-bond acceptors (Lipinski definition) is 4. The Bertz CT molecular complexity index is 439. The van der Waals surface area contributed by atoms with Crippen molar-refractivity contribution in [3.05, 3.63) is 23.4 Å². The molecule has 16 heavy (non-hydrogen) atoms. The first-order valence-corrected chi connectivity index (χ1v) is 6.60. The fourth-order valence-corrected chi connectivity index (χ4v) is 1.51. The van der Waals surface area contributed by atoms with Crippen LogP contribution in [0.25, 0.3) is 0 Å². The van der Waals surface area contributed by atoms with Crippen molar-refractivity contribution in [1.29, 1.82) is 5.26 Å². The minimum Gasteiger partial charge on any atom is -0.369 e. The van der Waals surface area contributed by atoms with Crippen LogP contribution in [0.4, 0.5) is 5.82 Å². The van der Waals surface area contributed by atoms with Crippen molar-refractivity contribution in [2.75, 3.05) is 18.1 Å². The quantitative estimate of drug-likeness (QED) is 0.860. The van der Waals surface area contributed by atoms with Gasteiger partial charge in [0.25, 0.3) is 0 Å². The van der Waals surface area contributed by atoms with Crippen molar-refractivity contribution in [2.24, 2.45) is 0 Å². The van der Waals surface area contributed by atoms with E-state index < -0.39 is 10.8 Å². The summed E-state index contributed by atoms with van der Waals surface area (Å²) in [4.78, 5) is 4.25. The third-order valence-electron chi connectivity index (χ3n) is 2.22. The van der Waals surface area contributed by atoms with Gasteiger partial charge in [-0.15, -0.1) is 0 Å². The van der Waals surface area contributed by atoms with Crippen LogP contribution < -0.4 is 5.32 Å². The molecule has 0 aliphatic heterocycles. The van der Waals surface area contributed by atoms with Gasteiger partial charge in [0.1, 0.15) is 5.82 Å². The van der Waals surface area contributed by atoms with E-state index in [1.165, 1.54) is 0 Å². The number of aryl methyl sites for hydroxylation is 1. The number of rotatable bonds is 4. The second kappa shape index (κ2) is 5.61. The van der Waals surface area contributed by atoms with E-state index in [1.807, 2.05) is 13.8 Å². The van der Waals surface area contributed by atoms with Gasteiger partial charge in [-0.1, -0.05) is 0 Å². The van der Waals surface area contributed by atoms with Crippen LogP contribution in [0.2, 0.25) is 0 Å². The number of aromatic nitrogens is 1. The van der Waals surface area contributed by atoms with Crippen LogP contribution in [0.5, 0.6) is 0 Å². The lowest BCUT2D eigenvalue weighted by molar-refractivity contribution is 0.679. The maximum atomic E-state index is 11.2. The monoisotopic (exact) mass is 237 g/mol. The van der Waals surface area contributed by atoms with E-state index in [0.717, 1.165) is 5.69 Å². The lowest BCUT2D eigenvalue weighted by Gasteiger charge is -2.10. The van der Waals surface area contributed by atoms with Crippen molar-refractivity contribution in [3.63, 3.8) is 0 Å². The van der Waals surface area contributed by atoms with Crippen LogP contribution in [0.15, 0.2) is 12.1 Å². The van der Waals surface area contributed by atoms with Gasteiger partial charge in [0.2, 0.25) is 0 Å². The standard InChI is InChI=1S/C11H15N3OS/c1-8-4-10(6-12)5-11(14-8)13-7-9(2)16(3)15/h4-5,9H,7H2,1-3H3,(H,13,14). The highest BCUT2D eigenvalue weighted by Crippen LogP contribution is 2.09. The van der Waals surface area contributed by atoms with E-state index in [1.54, 1.807) is 18.4 Å². The van der Waals surface area contributed by atoms with Crippen molar-refractivity contribution in [1.82, 2.24) is 4.98 Å². The Labute approximate surface area is 98.2 Å². The fraction of sp³-hybridized carbons (Fsp3) is 0.455. The Morgan fingerprint density at radius 3 is 2.88 bits per heavy atom. The molecule has 0 saturated carbocycles. The summed E-state index contributed by atoms with van der Waals surface area (Å²) in [7, 11) is -0.852. The van der Waals surface area contributed by atoms with Gasteiger partial charge < -0.3 is 5.32 Å². The van der Waals surface area contributed by atoms with Gasteiger partial charge in [0.05, 0.1) is 11.6 Å². The second-order valence-electron chi connectivity index (χ2n) is 3.68. The zero-order valence-electron chi connectivity index (χ0n) is 9.65. The molecule has 0 aromatic carbocycles. The largest absolute Gasteiger partial charge is 0.369 e. The van der Waals surface area contributed by atoms with Crippen molar-refractivity contribution >= 4 is 16.6 Å². The molecule has 0 saturated heterocycles. The number of pyridine rings is 1. The number of nitriles is 1. The van der Waals surface area contributed by atoms with Gasteiger partial charge >= 0.3 is 0 Å². The first-order chi connectivity index (χ1) is 7.52. The van der Waals surface area contributed by atoms with E-state index >= 15 is 0 Å². The Hall–Kier alpha value is -1.41. The minimum atomic E-state index is -0.852. The first-order valence-electron chi connectivity index (χ1n) is 4.98. The van der Waals surface area contributed by atoms with E-state index in [9.17, 15) is 4.21 Å². The van der Waals surface area contributed by atoms with E-state index in [2.05, 4.69) is 16.4 Å². The molecule has 0 spiro atoms. The van der Waals surface area contributed by atoms with Gasteiger partial charge in [-0.3, -0.25) is 4.21 Å². The average Bonchev–Trinajstić information content (AvgIpc) is 2.24. The highest BCUT2D eigenvalue weighted by Gasteiger charge is 2.06. The molecule has 0 radical (unpaired) electrons. The van der Waals surface area contributed by atoms with Gasteiger partial charge in [-0.2, -0.15) is 5.26 Å². The van der Waals surface area contributed by atoms with Crippen LogP contribution in [0.1, 0.15) is 18.2 Å². The van der Waals surface area contributed by atoms with Crippen LogP contribution >= 0.6 is 0 Å². The highest BCUT2D eigenvalue weighted by atomic mass is 32.2. The Kier molecular flexibility index (Phi) is 4.44. The SMILES string of the molecule is Cc1cc(C#N)cc(NCC(C)S(C)=O)n1. The molecule has 0 aliphatic carbocycles. The third-order valence-corrected chi connectivity index (χ3v) is 3.52. The molecule has 0 fully saturated rings. The highest BCUT2D eigenvalue weighted by molar-refractivity contribution is 7.84. The van der Waals surface area contributed by atoms with Crippen molar-refractivity contribution in [3.8, 4) is 6.07 Å². The molecule has 5 heteroatoms. The Balaban J connectivity index is 2.71. The van der Waals surface area contributed by atoms with Gasteiger partial charge in [-0.25, -0.2) is 4.98 Å². The number of nitrogens with zero attached hydrogens (tertiary/aromatic N) is 2. The molecule has 0 amide bonds. The second-order valence-corrected chi connectivity index (χ2v) is 5.49. The maximum absolute atomic E-state index is 11.2. The molecule has 1 rings (SSSR count). The predicted molar refractivity (Wildman–Crippen MR) is 65.7 cm³/mol. The Morgan fingerprint density at radius 2 is 2.31 bits per heavy atom. The zero-order chi connectivity index (χ0) is 12.1. The summed E-state index contributed by atoms with van der Waals surface area (Å²) in [6.45, 7) is 4.34.